The van der Waals surface area contributed by atoms with Gasteiger partial charge in [-0.2, -0.15) is 0 Å². The third-order valence-electron chi connectivity index (χ3n) is 22.1. The molecule has 0 heteroatoms. The van der Waals surface area contributed by atoms with Crippen LogP contribution in [-0.4, -0.2) is 0 Å². The summed E-state index contributed by atoms with van der Waals surface area (Å²) in [6.07, 6.45) is 0. The fourth-order valence-corrected chi connectivity index (χ4v) is 17.4. The van der Waals surface area contributed by atoms with Gasteiger partial charge in [-0.3, -0.25) is 0 Å². The molecule has 0 amide bonds. The molecule has 106 heavy (non-hydrogen) atoms. The van der Waals surface area contributed by atoms with E-state index in [1.807, 2.05) is 0 Å². The predicted octanol–water partition coefficient (Wildman–Crippen LogP) is 30.1. The Hall–Kier alpha value is -13.8. The van der Waals surface area contributed by atoms with Crippen molar-refractivity contribution in [3.8, 4) is 66.8 Å². The first-order valence-corrected chi connectivity index (χ1v) is 36.8. The summed E-state index contributed by atoms with van der Waals surface area (Å²) in [5.41, 5.74) is 15.4. The number of rotatable bonds is 6. The second kappa shape index (κ2) is 26.2. The van der Waals surface area contributed by atoms with Gasteiger partial charge in [-0.1, -0.05) is 388 Å². The quantitative estimate of drug-likeness (QED) is 0.115. The van der Waals surface area contributed by atoms with Crippen molar-refractivity contribution in [2.24, 2.45) is 0 Å². The van der Waals surface area contributed by atoms with Crippen molar-refractivity contribution in [1.29, 1.82) is 0 Å². The van der Waals surface area contributed by atoms with Crippen LogP contribution >= 0.6 is 0 Å². The van der Waals surface area contributed by atoms with Gasteiger partial charge < -0.3 is 0 Å². The molecule has 0 aromatic heterocycles. The standard InChI is InChI=1S/2C38H24.C30H20/c1-5-15-29-25(11-1)23-26-12-2-6-16-30(26)37(29)35-21-22-36(34-20-10-9-19-33(34)35)38-31-17-7-3-13-27(31)24-28-14-4-8-18-32(28)38;1-3-13-27-25(11-1)23-37(33-19-9-5-15-29(27)33)35-21-22-36(32-18-8-7-17-31(32)35)38-24-26-12-2-4-14-28(26)30-16-6-10-20-34(30)38;1-3-13-23-21(9-1)11-7-17-25(23)29-19-20-30(28-16-6-5-15-27(28)29)26-18-8-12-22-10-2-4-14-24(22)26/h2*1-24H;1-20H. The van der Waals surface area contributed by atoms with E-state index in [9.17, 15) is 0 Å². The molecule has 22 rings (SSSR count). The third kappa shape index (κ3) is 10.6. The van der Waals surface area contributed by atoms with Gasteiger partial charge in [0.1, 0.15) is 0 Å². The van der Waals surface area contributed by atoms with E-state index in [1.165, 1.54) is 207 Å². The Labute approximate surface area is 615 Å². The zero-order valence-electron chi connectivity index (χ0n) is 58.3. The summed E-state index contributed by atoms with van der Waals surface area (Å²) in [5.74, 6) is 0. The van der Waals surface area contributed by atoms with Crippen LogP contribution in [0, 0.1) is 0 Å². The van der Waals surface area contributed by atoms with E-state index in [4.69, 9.17) is 0 Å². The maximum Gasteiger partial charge on any atom is -0.00206 e. The van der Waals surface area contributed by atoms with Crippen LogP contribution in [0.3, 0.4) is 0 Å². The largest absolute Gasteiger partial charge is 0.0616 e. The lowest BCUT2D eigenvalue weighted by Gasteiger charge is -2.18. The van der Waals surface area contributed by atoms with Gasteiger partial charge in [0.2, 0.25) is 0 Å². The van der Waals surface area contributed by atoms with Crippen LogP contribution in [0.2, 0.25) is 0 Å². The molecule has 22 aromatic carbocycles. The van der Waals surface area contributed by atoms with Crippen LogP contribution in [0.5, 0.6) is 0 Å². The van der Waals surface area contributed by atoms with Crippen molar-refractivity contribution in [2.75, 3.05) is 0 Å². The van der Waals surface area contributed by atoms with Crippen LogP contribution in [0.15, 0.2) is 413 Å². The highest BCUT2D eigenvalue weighted by molar-refractivity contribution is 6.24. The zero-order valence-corrected chi connectivity index (χ0v) is 58.3. The number of fused-ring (bicyclic) bond motifs is 15. The predicted molar refractivity (Wildman–Crippen MR) is 460 cm³/mol. The molecule has 0 aliphatic heterocycles. The Morgan fingerprint density at radius 1 is 0.0849 bits per heavy atom. The first-order valence-electron chi connectivity index (χ1n) is 36.8. The van der Waals surface area contributed by atoms with E-state index in [-0.39, 0.29) is 0 Å². The lowest BCUT2D eigenvalue weighted by atomic mass is 9.85. The second-order valence-corrected chi connectivity index (χ2v) is 27.9. The van der Waals surface area contributed by atoms with E-state index < -0.39 is 0 Å². The minimum absolute atomic E-state index is 1.27. The fraction of sp³-hybridized carbons (Fsp3) is 0. The topological polar surface area (TPSA) is 0 Å². The summed E-state index contributed by atoms with van der Waals surface area (Å²) in [6.45, 7) is 0. The molecule has 0 fully saturated rings. The molecule has 0 N–H and O–H groups in total. The first-order chi connectivity index (χ1) is 52.6. The normalized spacial score (nSPS) is 11.6. The lowest BCUT2D eigenvalue weighted by Crippen LogP contribution is -1.91. The summed E-state index contributed by atoms with van der Waals surface area (Å²) in [4.78, 5) is 0. The molecule has 22 aromatic rings. The highest BCUT2D eigenvalue weighted by atomic mass is 14.2. The van der Waals surface area contributed by atoms with Crippen molar-refractivity contribution < 1.29 is 0 Å². The van der Waals surface area contributed by atoms with Crippen LogP contribution in [-0.2, 0) is 0 Å². The third-order valence-corrected chi connectivity index (χ3v) is 22.1. The van der Waals surface area contributed by atoms with Crippen LogP contribution in [0.25, 0.3) is 207 Å². The number of hydrogen-bond acceptors (Lipinski definition) is 0. The molecule has 0 nitrogen and oxygen atoms in total. The molecule has 0 atom stereocenters. The Morgan fingerprint density at radius 2 is 0.264 bits per heavy atom. The van der Waals surface area contributed by atoms with Gasteiger partial charge in [-0.05, 0) is 231 Å². The summed E-state index contributed by atoms with van der Waals surface area (Å²) in [6, 6.07) is 150. The molecule has 0 radical (unpaired) electrons. The van der Waals surface area contributed by atoms with Gasteiger partial charge in [0.05, 0.1) is 0 Å². The SMILES string of the molecule is c1ccc2c(-c3ccc(-c4c5ccccc5cc5ccccc45)c4ccccc34)c3ccccc3cc2c1.c1ccc2c(-c3ccc(-c4cccc5ccccc45)c4ccccc34)cccc2c1.c1ccc2c(c1)cc(-c1ccc(-c3cc4ccccc4c4ccccc34)c3ccccc13)c1ccccc12. The molecule has 0 bridgehead atoms. The van der Waals surface area contributed by atoms with E-state index in [0.29, 0.717) is 0 Å². The maximum absolute atomic E-state index is 2.37. The molecule has 0 aliphatic carbocycles. The summed E-state index contributed by atoms with van der Waals surface area (Å²) in [5, 5.41) is 33.4. The second-order valence-electron chi connectivity index (χ2n) is 27.9. The average molecular weight is 1340 g/mol. The maximum atomic E-state index is 2.37. The van der Waals surface area contributed by atoms with Crippen LogP contribution < -0.4 is 0 Å². The molecular weight excluding hydrogens is 1270 g/mol. The van der Waals surface area contributed by atoms with Crippen molar-refractivity contribution in [1.82, 2.24) is 0 Å². The fourth-order valence-electron chi connectivity index (χ4n) is 17.4. The van der Waals surface area contributed by atoms with E-state index in [0.717, 1.165) is 0 Å². The van der Waals surface area contributed by atoms with E-state index in [1.54, 1.807) is 0 Å². The number of benzene rings is 22. The minimum atomic E-state index is 1.27. The van der Waals surface area contributed by atoms with Crippen LogP contribution in [0.4, 0.5) is 0 Å². The van der Waals surface area contributed by atoms with Crippen LogP contribution in [0.1, 0.15) is 0 Å². The highest BCUT2D eigenvalue weighted by Gasteiger charge is 2.21. The summed E-state index contributed by atoms with van der Waals surface area (Å²) in [7, 11) is 0. The Bertz CT molecular complexity index is 6720. The lowest BCUT2D eigenvalue weighted by molar-refractivity contribution is 1.66. The van der Waals surface area contributed by atoms with Gasteiger partial charge in [-0.25, -0.2) is 0 Å². The molecule has 492 valence electrons. The molecule has 0 spiro atoms. The monoisotopic (exact) mass is 1340 g/mol. The Kier molecular flexibility index (Phi) is 15.4. The van der Waals surface area contributed by atoms with Crippen molar-refractivity contribution >= 4 is 140 Å². The summed E-state index contributed by atoms with van der Waals surface area (Å²) < 4.78 is 0. The van der Waals surface area contributed by atoms with Gasteiger partial charge in [0.25, 0.3) is 0 Å². The van der Waals surface area contributed by atoms with Gasteiger partial charge in [0, 0.05) is 0 Å². The first kappa shape index (κ1) is 62.0. The molecule has 0 saturated carbocycles. The van der Waals surface area contributed by atoms with Crippen molar-refractivity contribution in [3.05, 3.63) is 413 Å². The average Bonchev–Trinajstić information content (AvgIpc) is 0.732. The Morgan fingerprint density at radius 3 is 0.566 bits per heavy atom. The molecular formula is C106H68. The minimum Gasteiger partial charge on any atom is -0.0616 e. The van der Waals surface area contributed by atoms with Gasteiger partial charge in [0.15, 0.2) is 0 Å². The van der Waals surface area contributed by atoms with E-state index in [2.05, 4.69) is 413 Å². The van der Waals surface area contributed by atoms with Crippen molar-refractivity contribution in [2.45, 2.75) is 0 Å². The Balaban J connectivity index is 0.000000106. The molecule has 0 aliphatic rings. The highest BCUT2D eigenvalue weighted by Crippen LogP contribution is 2.48. The smallest absolute Gasteiger partial charge is 0.00206 e. The van der Waals surface area contributed by atoms with Crippen molar-refractivity contribution in [3.63, 3.8) is 0 Å². The summed E-state index contributed by atoms with van der Waals surface area (Å²) >= 11 is 0. The van der Waals surface area contributed by atoms with Gasteiger partial charge in [-0.15, -0.1) is 0 Å². The van der Waals surface area contributed by atoms with E-state index >= 15 is 0 Å². The molecule has 0 heterocycles. The van der Waals surface area contributed by atoms with Gasteiger partial charge >= 0.3 is 0 Å². The number of hydrogen-bond donors (Lipinski definition) is 0. The molecule has 0 unspecified atom stereocenters. The molecule has 0 saturated heterocycles. The zero-order chi connectivity index (χ0) is 70.0.